The lowest BCUT2D eigenvalue weighted by Crippen LogP contribution is -2.18. The Balaban J connectivity index is 1.38. The molecule has 1 unspecified atom stereocenters. The molecule has 0 aromatic carbocycles. The molecule has 0 spiro atoms. The maximum absolute atomic E-state index is 5.89. The van der Waals surface area contributed by atoms with E-state index in [-0.39, 0.29) is 5.92 Å². The third-order valence-electron chi connectivity index (χ3n) is 4.35. The van der Waals surface area contributed by atoms with Gasteiger partial charge in [-0.1, -0.05) is 0 Å². The molecule has 9 nitrogen and oxygen atoms in total. The predicted octanol–water partition coefficient (Wildman–Crippen LogP) is 1.64. The molecule has 9 heteroatoms. The maximum atomic E-state index is 5.89. The van der Waals surface area contributed by atoms with Crippen LogP contribution in [0, 0.1) is 0 Å². The fourth-order valence-corrected chi connectivity index (χ4v) is 3.03. The van der Waals surface area contributed by atoms with Crippen molar-refractivity contribution in [3.05, 3.63) is 54.8 Å². The summed E-state index contributed by atoms with van der Waals surface area (Å²) in [5.41, 5.74) is 0.787. The number of hydrogen-bond acceptors (Lipinski definition) is 7. The summed E-state index contributed by atoms with van der Waals surface area (Å²) in [6.45, 7) is 0.764. The van der Waals surface area contributed by atoms with Crippen LogP contribution in [0.5, 0.6) is 0 Å². The van der Waals surface area contributed by atoms with E-state index in [2.05, 4.69) is 30.5 Å². The van der Waals surface area contributed by atoms with Crippen LogP contribution >= 0.6 is 0 Å². The fraction of sp³-hybridized carbons (Fsp3) is 0.250. The van der Waals surface area contributed by atoms with Crippen molar-refractivity contribution in [2.45, 2.75) is 25.3 Å². The smallest absolute Gasteiger partial charge is 0.249 e. The van der Waals surface area contributed by atoms with Crippen molar-refractivity contribution in [3.63, 3.8) is 0 Å². The van der Waals surface area contributed by atoms with Crippen molar-refractivity contribution in [2.24, 2.45) is 0 Å². The van der Waals surface area contributed by atoms with Gasteiger partial charge in [0.15, 0.2) is 5.82 Å². The lowest BCUT2D eigenvalue weighted by atomic mass is 9.99. The highest BCUT2D eigenvalue weighted by atomic mass is 16.4. The monoisotopic (exact) mass is 334 g/mol. The van der Waals surface area contributed by atoms with Gasteiger partial charge in [-0.05, 0) is 24.6 Å². The molecule has 4 aromatic rings. The second-order valence-corrected chi connectivity index (χ2v) is 5.94. The van der Waals surface area contributed by atoms with Crippen LogP contribution in [-0.2, 0) is 13.0 Å². The van der Waals surface area contributed by atoms with Gasteiger partial charge >= 0.3 is 0 Å². The average Bonchev–Trinajstić information content (AvgIpc) is 3.42. The molecule has 0 saturated carbocycles. The number of aromatic nitrogens is 8. The minimum absolute atomic E-state index is 0.182. The summed E-state index contributed by atoms with van der Waals surface area (Å²) in [4.78, 5) is 4.39. The summed E-state index contributed by atoms with van der Waals surface area (Å²) in [7, 11) is 0. The molecule has 124 valence electrons. The molecule has 5 rings (SSSR count). The van der Waals surface area contributed by atoms with Crippen LogP contribution in [0.2, 0.25) is 0 Å². The average molecular weight is 334 g/mol. The lowest BCUT2D eigenvalue weighted by Gasteiger charge is -2.19. The lowest BCUT2D eigenvalue weighted by molar-refractivity contribution is 0.372. The minimum Gasteiger partial charge on any atom is -0.420 e. The summed E-state index contributed by atoms with van der Waals surface area (Å²) in [5.74, 6) is 3.05. The Labute approximate surface area is 142 Å². The molecule has 1 aliphatic heterocycles. The first kappa shape index (κ1) is 14.0. The van der Waals surface area contributed by atoms with Gasteiger partial charge in [0.05, 0.1) is 11.5 Å². The van der Waals surface area contributed by atoms with E-state index in [9.17, 15) is 0 Å². The standard InChI is InChI=1S/C16H14N8O/c1-6-19-24(7-1)13-4-2-11(8-17-13)15-21-22-16(25-15)12-3-5-14-20-18-10-23(14)9-12/h1-2,4,6-8,10,12H,3,5,9H2. The number of rotatable bonds is 3. The molecule has 4 aromatic heterocycles. The van der Waals surface area contributed by atoms with Crippen molar-refractivity contribution in [1.29, 1.82) is 0 Å². The van der Waals surface area contributed by atoms with E-state index < -0.39 is 0 Å². The zero-order valence-corrected chi connectivity index (χ0v) is 13.2. The maximum Gasteiger partial charge on any atom is 0.249 e. The van der Waals surface area contributed by atoms with E-state index in [0.717, 1.165) is 36.6 Å². The van der Waals surface area contributed by atoms with Crippen LogP contribution in [0.4, 0.5) is 0 Å². The Kier molecular flexibility index (Phi) is 3.15. The molecular weight excluding hydrogens is 320 g/mol. The minimum atomic E-state index is 0.182. The van der Waals surface area contributed by atoms with Crippen molar-refractivity contribution in [2.75, 3.05) is 0 Å². The zero-order chi connectivity index (χ0) is 16.6. The molecule has 0 saturated heterocycles. The molecule has 0 aliphatic carbocycles. The summed E-state index contributed by atoms with van der Waals surface area (Å²) < 4.78 is 9.63. The number of pyridine rings is 1. The fourth-order valence-electron chi connectivity index (χ4n) is 3.03. The predicted molar refractivity (Wildman–Crippen MR) is 85.7 cm³/mol. The van der Waals surface area contributed by atoms with Gasteiger partial charge in [0.2, 0.25) is 11.8 Å². The quantitative estimate of drug-likeness (QED) is 0.561. The molecule has 0 amide bonds. The van der Waals surface area contributed by atoms with Crippen LogP contribution in [0.15, 0.2) is 47.5 Å². The second-order valence-electron chi connectivity index (χ2n) is 5.94. The number of hydrogen-bond donors (Lipinski definition) is 0. The van der Waals surface area contributed by atoms with Crippen LogP contribution in [0.25, 0.3) is 17.3 Å². The van der Waals surface area contributed by atoms with E-state index in [1.54, 1.807) is 23.4 Å². The van der Waals surface area contributed by atoms with E-state index in [1.807, 2.05) is 29.0 Å². The summed E-state index contributed by atoms with van der Waals surface area (Å²) in [5, 5.41) is 20.6. The van der Waals surface area contributed by atoms with Gasteiger partial charge in [-0.3, -0.25) is 0 Å². The first-order chi connectivity index (χ1) is 12.4. The Bertz CT molecular complexity index is 986. The van der Waals surface area contributed by atoms with Gasteiger partial charge < -0.3 is 8.98 Å². The molecule has 0 N–H and O–H groups in total. The summed E-state index contributed by atoms with van der Waals surface area (Å²) >= 11 is 0. The topological polar surface area (TPSA) is 100 Å². The number of fused-ring (bicyclic) bond motifs is 1. The Hall–Kier alpha value is -3.36. The molecular formula is C16H14N8O. The summed E-state index contributed by atoms with van der Waals surface area (Å²) in [6.07, 6.45) is 8.81. The van der Waals surface area contributed by atoms with Crippen LogP contribution in [-0.4, -0.2) is 39.7 Å². The third kappa shape index (κ3) is 2.49. The highest BCUT2D eigenvalue weighted by molar-refractivity contribution is 5.52. The molecule has 0 fully saturated rings. The molecule has 1 atom stereocenters. The largest absolute Gasteiger partial charge is 0.420 e. The van der Waals surface area contributed by atoms with E-state index in [0.29, 0.717) is 11.8 Å². The van der Waals surface area contributed by atoms with Gasteiger partial charge in [-0.25, -0.2) is 9.67 Å². The van der Waals surface area contributed by atoms with Crippen LogP contribution in [0.1, 0.15) is 24.1 Å². The van der Waals surface area contributed by atoms with Crippen molar-refractivity contribution >= 4 is 0 Å². The van der Waals surface area contributed by atoms with Crippen LogP contribution < -0.4 is 0 Å². The molecule has 1 aliphatic rings. The third-order valence-corrected chi connectivity index (χ3v) is 4.35. The Morgan fingerprint density at radius 3 is 3.00 bits per heavy atom. The highest BCUT2D eigenvalue weighted by Gasteiger charge is 2.25. The molecule has 25 heavy (non-hydrogen) atoms. The number of aryl methyl sites for hydroxylation is 1. The van der Waals surface area contributed by atoms with E-state index in [4.69, 9.17) is 4.42 Å². The van der Waals surface area contributed by atoms with Crippen molar-refractivity contribution in [3.8, 4) is 17.3 Å². The Morgan fingerprint density at radius 1 is 1.16 bits per heavy atom. The van der Waals surface area contributed by atoms with Crippen molar-refractivity contribution in [1.82, 2.24) is 39.7 Å². The van der Waals surface area contributed by atoms with Gasteiger partial charge in [0, 0.05) is 31.6 Å². The Morgan fingerprint density at radius 2 is 2.16 bits per heavy atom. The molecule has 0 radical (unpaired) electrons. The van der Waals surface area contributed by atoms with E-state index >= 15 is 0 Å². The second kappa shape index (κ2) is 5.62. The van der Waals surface area contributed by atoms with Gasteiger partial charge in [-0.15, -0.1) is 20.4 Å². The van der Waals surface area contributed by atoms with Gasteiger partial charge in [0.25, 0.3) is 0 Å². The first-order valence-electron chi connectivity index (χ1n) is 8.03. The van der Waals surface area contributed by atoms with Crippen molar-refractivity contribution < 1.29 is 4.42 Å². The van der Waals surface area contributed by atoms with E-state index in [1.165, 1.54) is 0 Å². The van der Waals surface area contributed by atoms with Crippen LogP contribution in [0.3, 0.4) is 0 Å². The summed E-state index contributed by atoms with van der Waals surface area (Å²) in [6, 6.07) is 5.63. The number of nitrogens with zero attached hydrogens (tertiary/aromatic N) is 8. The van der Waals surface area contributed by atoms with Gasteiger partial charge in [-0.2, -0.15) is 5.10 Å². The molecule has 0 bridgehead atoms. The molecule has 5 heterocycles. The van der Waals surface area contributed by atoms with Gasteiger partial charge in [0.1, 0.15) is 12.2 Å². The SMILES string of the molecule is c1cnn(-c2ccc(-c3nnc(C4CCc5nncn5C4)o3)cn2)c1. The normalized spacial score (nSPS) is 16.7. The zero-order valence-electron chi connectivity index (χ0n) is 13.2. The first-order valence-corrected chi connectivity index (χ1v) is 8.03. The highest BCUT2D eigenvalue weighted by Crippen LogP contribution is 2.29.